The minimum absolute atomic E-state index is 0.142. The summed E-state index contributed by atoms with van der Waals surface area (Å²) in [5.41, 5.74) is 3.62. The highest BCUT2D eigenvalue weighted by Gasteiger charge is 2.20. The molecule has 7 heteroatoms. The molecule has 0 aliphatic carbocycles. The van der Waals surface area contributed by atoms with Gasteiger partial charge in [0.25, 0.3) is 5.91 Å². The van der Waals surface area contributed by atoms with E-state index >= 15 is 0 Å². The predicted octanol–water partition coefficient (Wildman–Crippen LogP) is 4.22. The van der Waals surface area contributed by atoms with Crippen molar-refractivity contribution in [3.8, 4) is 0 Å². The van der Waals surface area contributed by atoms with Crippen molar-refractivity contribution in [3.05, 3.63) is 88.2 Å². The topological polar surface area (TPSA) is 53.4 Å². The van der Waals surface area contributed by atoms with E-state index in [0.29, 0.717) is 29.5 Å². The van der Waals surface area contributed by atoms with Crippen LogP contribution >= 0.6 is 11.6 Å². The summed E-state index contributed by atoms with van der Waals surface area (Å²) in [6.45, 7) is 9.56. The van der Waals surface area contributed by atoms with E-state index in [4.69, 9.17) is 11.6 Å². The molecule has 3 aromatic rings. The van der Waals surface area contributed by atoms with Crippen LogP contribution in [0.2, 0.25) is 5.15 Å². The number of nitrogens with zero attached hydrogens (tertiary/aromatic N) is 4. The lowest BCUT2D eigenvalue weighted by Gasteiger charge is -2.34. The van der Waals surface area contributed by atoms with Crippen molar-refractivity contribution < 1.29 is 4.79 Å². The normalized spacial score (nSPS) is 14.9. The van der Waals surface area contributed by atoms with E-state index in [9.17, 15) is 4.79 Å². The monoisotopic (exact) mass is 479 g/mol. The molecule has 1 N–H and O–H groups in total. The third-order valence-electron chi connectivity index (χ3n) is 6.37. The number of hydrogen-bond acceptors (Lipinski definition) is 4. The minimum atomic E-state index is -0.142. The Bertz CT molecular complexity index is 1050. The summed E-state index contributed by atoms with van der Waals surface area (Å²) in [4.78, 5) is 17.8. The van der Waals surface area contributed by atoms with Crippen LogP contribution < -0.4 is 5.32 Å². The Kier molecular flexibility index (Phi) is 8.74. The third-order valence-corrected chi connectivity index (χ3v) is 6.75. The number of carbonyl (C=O) groups excluding carboxylic acids is 1. The average Bonchev–Trinajstić information content (AvgIpc) is 3.13. The first kappa shape index (κ1) is 24.5. The van der Waals surface area contributed by atoms with Crippen molar-refractivity contribution in [2.75, 3.05) is 39.3 Å². The van der Waals surface area contributed by atoms with Gasteiger partial charge in [-0.15, -0.1) is 0 Å². The van der Waals surface area contributed by atoms with E-state index in [1.807, 2.05) is 37.3 Å². The number of carbonyl (C=O) groups is 1. The first-order valence-electron chi connectivity index (χ1n) is 12.1. The first-order chi connectivity index (χ1) is 16.6. The number of aryl methyl sites for hydroxylation is 1. The molecule has 0 radical (unpaired) electrons. The van der Waals surface area contributed by atoms with E-state index in [1.54, 1.807) is 4.68 Å². The summed E-state index contributed by atoms with van der Waals surface area (Å²) in [7, 11) is 0. The number of rotatable bonds is 10. The zero-order valence-electron chi connectivity index (χ0n) is 19.9. The number of hydrogen-bond donors (Lipinski definition) is 1. The molecule has 180 valence electrons. The van der Waals surface area contributed by atoms with Crippen LogP contribution in [-0.4, -0.2) is 64.8 Å². The van der Waals surface area contributed by atoms with E-state index < -0.39 is 0 Å². The number of amides is 1. The largest absolute Gasteiger partial charge is 0.352 e. The molecule has 6 nitrogen and oxygen atoms in total. The van der Waals surface area contributed by atoms with Crippen LogP contribution in [-0.2, 0) is 13.1 Å². The van der Waals surface area contributed by atoms with Crippen molar-refractivity contribution in [2.45, 2.75) is 32.9 Å². The van der Waals surface area contributed by atoms with E-state index in [-0.39, 0.29) is 5.91 Å². The Balaban J connectivity index is 1.15. The standard InChI is InChI=1S/C27H34ClN5O/c1-22-25(26(28)33(30-22)21-24-12-6-3-7-13-24)27(34)29-14-8-9-15-31-16-18-32(19-17-31)20-23-10-4-2-5-11-23/h2-7,10-13H,8-9,14-21H2,1H3,(H,29,34). The lowest BCUT2D eigenvalue weighted by atomic mass is 10.2. The SMILES string of the molecule is Cc1nn(Cc2ccccc2)c(Cl)c1C(=O)NCCCCN1CCN(Cc2ccccc2)CC1. The maximum atomic E-state index is 12.7. The van der Waals surface area contributed by atoms with Gasteiger partial charge in [-0.1, -0.05) is 72.3 Å². The van der Waals surface area contributed by atoms with Gasteiger partial charge >= 0.3 is 0 Å². The van der Waals surface area contributed by atoms with Crippen molar-refractivity contribution in [1.29, 1.82) is 0 Å². The number of halogens is 1. The fourth-order valence-electron chi connectivity index (χ4n) is 4.44. The van der Waals surface area contributed by atoms with E-state index in [2.05, 4.69) is 50.5 Å². The quantitative estimate of drug-likeness (QED) is 0.442. The van der Waals surface area contributed by atoms with Crippen LogP contribution in [0.1, 0.15) is 40.0 Å². The van der Waals surface area contributed by atoms with Crippen LogP contribution in [0.25, 0.3) is 0 Å². The predicted molar refractivity (Wildman–Crippen MR) is 137 cm³/mol. The molecule has 0 atom stereocenters. The van der Waals surface area contributed by atoms with Crippen LogP contribution in [0.5, 0.6) is 0 Å². The molecular weight excluding hydrogens is 446 g/mol. The van der Waals surface area contributed by atoms with Crippen LogP contribution in [0, 0.1) is 6.92 Å². The number of benzene rings is 2. The van der Waals surface area contributed by atoms with E-state index in [1.165, 1.54) is 5.56 Å². The summed E-state index contributed by atoms with van der Waals surface area (Å²) in [6, 6.07) is 20.7. The highest BCUT2D eigenvalue weighted by Crippen LogP contribution is 2.21. The zero-order chi connectivity index (χ0) is 23.8. The molecule has 1 aliphatic rings. The molecule has 1 amide bonds. The van der Waals surface area contributed by atoms with Crippen molar-refractivity contribution in [1.82, 2.24) is 24.9 Å². The number of aromatic nitrogens is 2. The maximum Gasteiger partial charge on any atom is 0.256 e. The van der Waals surface area contributed by atoms with E-state index in [0.717, 1.165) is 57.7 Å². The molecule has 1 fully saturated rings. The Morgan fingerprint density at radius 2 is 1.47 bits per heavy atom. The summed E-state index contributed by atoms with van der Waals surface area (Å²) in [6.07, 6.45) is 2.02. The van der Waals surface area contributed by atoms with Gasteiger partial charge < -0.3 is 10.2 Å². The molecule has 0 unspecified atom stereocenters. The van der Waals surface area contributed by atoms with Gasteiger partial charge in [0.15, 0.2) is 0 Å². The van der Waals surface area contributed by atoms with Crippen molar-refractivity contribution in [3.63, 3.8) is 0 Å². The van der Waals surface area contributed by atoms with Gasteiger partial charge in [0.05, 0.1) is 17.8 Å². The molecule has 0 saturated carbocycles. The molecule has 1 saturated heterocycles. The molecule has 2 heterocycles. The third kappa shape index (κ3) is 6.69. The van der Waals surface area contributed by atoms with Gasteiger partial charge in [-0.05, 0) is 37.4 Å². The summed E-state index contributed by atoms with van der Waals surface area (Å²) >= 11 is 6.51. The fourth-order valence-corrected chi connectivity index (χ4v) is 4.76. The summed E-state index contributed by atoms with van der Waals surface area (Å²) in [5, 5.41) is 7.90. The maximum absolute atomic E-state index is 12.7. The van der Waals surface area contributed by atoms with Crippen molar-refractivity contribution in [2.24, 2.45) is 0 Å². The van der Waals surface area contributed by atoms with Crippen molar-refractivity contribution >= 4 is 17.5 Å². The molecule has 1 aromatic heterocycles. The van der Waals surface area contributed by atoms with Gasteiger partial charge in [-0.2, -0.15) is 5.10 Å². The second-order valence-corrected chi connectivity index (χ2v) is 9.32. The Morgan fingerprint density at radius 1 is 0.882 bits per heavy atom. The molecule has 2 aromatic carbocycles. The molecule has 0 spiro atoms. The smallest absolute Gasteiger partial charge is 0.256 e. The summed E-state index contributed by atoms with van der Waals surface area (Å²) in [5.74, 6) is -0.142. The molecule has 0 bridgehead atoms. The molecule has 1 aliphatic heterocycles. The lowest BCUT2D eigenvalue weighted by Crippen LogP contribution is -2.46. The average molecular weight is 480 g/mol. The lowest BCUT2D eigenvalue weighted by molar-refractivity contribution is 0.0950. The Labute approximate surface area is 207 Å². The molecular formula is C27H34ClN5O. The Hall–Kier alpha value is -2.67. The zero-order valence-corrected chi connectivity index (χ0v) is 20.7. The minimum Gasteiger partial charge on any atom is -0.352 e. The number of unbranched alkanes of at least 4 members (excludes halogenated alkanes) is 1. The second kappa shape index (κ2) is 12.2. The van der Waals surface area contributed by atoms with Crippen LogP contribution in [0.4, 0.5) is 0 Å². The summed E-state index contributed by atoms with van der Waals surface area (Å²) < 4.78 is 1.69. The fraction of sp³-hybridized carbons (Fsp3) is 0.407. The Morgan fingerprint density at radius 3 is 2.12 bits per heavy atom. The van der Waals surface area contributed by atoms with Gasteiger partial charge in [0.1, 0.15) is 5.15 Å². The number of piperazine rings is 1. The van der Waals surface area contributed by atoms with Crippen LogP contribution in [0.15, 0.2) is 60.7 Å². The van der Waals surface area contributed by atoms with Gasteiger partial charge in [-0.3, -0.25) is 9.69 Å². The highest BCUT2D eigenvalue weighted by molar-refractivity contribution is 6.33. The van der Waals surface area contributed by atoms with Gasteiger partial charge in [-0.25, -0.2) is 4.68 Å². The second-order valence-electron chi connectivity index (χ2n) is 8.96. The molecule has 34 heavy (non-hydrogen) atoms. The highest BCUT2D eigenvalue weighted by atomic mass is 35.5. The first-order valence-corrected chi connectivity index (χ1v) is 12.5. The van der Waals surface area contributed by atoms with Gasteiger partial charge in [0.2, 0.25) is 0 Å². The molecule has 4 rings (SSSR count). The van der Waals surface area contributed by atoms with Gasteiger partial charge in [0, 0.05) is 39.3 Å². The van der Waals surface area contributed by atoms with Crippen LogP contribution in [0.3, 0.4) is 0 Å². The number of nitrogens with one attached hydrogen (secondary N) is 1.